The van der Waals surface area contributed by atoms with Crippen molar-refractivity contribution in [3.8, 4) is 0 Å². The van der Waals surface area contributed by atoms with Crippen molar-refractivity contribution in [3.05, 3.63) is 57.0 Å². The molecule has 0 saturated carbocycles. The number of anilines is 1. The van der Waals surface area contributed by atoms with Crippen molar-refractivity contribution in [3.63, 3.8) is 0 Å². The van der Waals surface area contributed by atoms with Crippen LogP contribution in [0.1, 0.15) is 5.56 Å². The zero-order chi connectivity index (χ0) is 16.3. The molecule has 2 N–H and O–H groups in total. The van der Waals surface area contributed by atoms with Crippen LogP contribution in [0, 0.1) is 5.53 Å². The van der Waals surface area contributed by atoms with Crippen molar-refractivity contribution in [2.24, 2.45) is 5.11 Å². The monoisotopic (exact) mass is 377 g/mol. The van der Waals surface area contributed by atoms with Gasteiger partial charge in [-0.25, -0.2) is 13.9 Å². The maximum absolute atomic E-state index is 12.4. The van der Waals surface area contributed by atoms with Gasteiger partial charge in [0.05, 0.1) is 27.2 Å². The Balaban J connectivity index is 2.42. The SMILES string of the molecule is N=NCc1ccc(Cl)cc1NS(=O)(=O)c1ccc(Cl)c(Cl)c1. The van der Waals surface area contributed by atoms with Crippen LogP contribution >= 0.6 is 34.8 Å². The summed E-state index contributed by atoms with van der Waals surface area (Å²) >= 11 is 17.5. The molecule has 22 heavy (non-hydrogen) atoms. The molecule has 0 fully saturated rings. The number of sulfonamides is 1. The summed E-state index contributed by atoms with van der Waals surface area (Å²) in [5.74, 6) is 0. The van der Waals surface area contributed by atoms with E-state index in [0.29, 0.717) is 10.6 Å². The van der Waals surface area contributed by atoms with Gasteiger partial charge in [0.15, 0.2) is 0 Å². The van der Waals surface area contributed by atoms with E-state index in [0.717, 1.165) is 0 Å². The Labute approximate surface area is 142 Å². The molecule has 2 aromatic rings. The van der Waals surface area contributed by atoms with Gasteiger partial charge >= 0.3 is 0 Å². The molecule has 0 unspecified atom stereocenters. The number of hydrogen-bond donors (Lipinski definition) is 2. The van der Waals surface area contributed by atoms with Gasteiger partial charge in [0, 0.05) is 5.02 Å². The largest absolute Gasteiger partial charge is 0.279 e. The first kappa shape index (κ1) is 17.0. The first-order valence-corrected chi connectivity index (χ1v) is 8.55. The van der Waals surface area contributed by atoms with E-state index in [1.54, 1.807) is 12.1 Å². The standard InChI is InChI=1S/C13H10Cl3N3O2S/c14-9-2-1-8(7-18-17)13(5-9)19-22(20,21)10-3-4-11(15)12(16)6-10/h1-6,17,19H,7H2. The summed E-state index contributed by atoms with van der Waals surface area (Å²) in [6.07, 6.45) is 0. The highest BCUT2D eigenvalue weighted by Gasteiger charge is 2.17. The normalized spacial score (nSPS) is 11.2. The second-order valence-electron chi connectivity index (χ2n) is 4.30. The molecule has 0 atom stereocenters. The van der Waals surface area contributed by atoms with Gasteiger partial charge < -0.3 is 0 Å². The fourth-order valence-corrected chi connectivity index (χ4v) is 3.37. The van der Waals surface area contributed by atoms with Gasteiger partial charge in [0.25, 0.3) is 10.0 Å². The number of nitrogens with one attached hydrogen (secondary N) is 2. The van der Waals surface area contributed by atoms with Gasteiger partial charge in [-0.3, -0.25) is 4.72 Å². The lowest BCUT2D eigenvalue weighted by atomic mass is 10.2. The molecule has 0 aliphatic carbocycles. The Morgan fingerprint density at radius 3 is 2.41 bits per heavy atom. The molecule has 0 radical (unpaired) electrons. The lowest BCUT2D eigenvalue weighted by Gasteiger charge is -2.12. The molecule has 0 aliphatic heterocycles. The number of halogens is 3. The van der Waals surface area contributed by atoms with Crippen molar-refractivity contribution in [1.29, 1.82) is 5.53 Å². The maximum atomic E-state index is 12.4. The van der Waals surface area contributed by atoms with Gasteiger partial charge in [-0.15, -0.1) is 0 Å². The van der Waals surface area contributed by atoms with Gasteiger partial charge in [-0.05, 0) is 35.9 Å². The molecule has 0 saturated heterocycles. The summed E-state index contributed by atoms with van der Waals surface area (Å²) in [7, 11) is -3.86. The van der Waals surface area contributed by atoms with Crippen LogP contribution in [0.3, 0.4) is 0 Å². The quantitative estimate of drug-likeness (QED) is 0.719. The van der Waals surface area contributed by atoms with Crippen LogP contribution in [0.2, 0.25) is 15.1 Å². The third-order valence-corrected chi connectivity index (χ3v) is 5.10. The molecule has 2 aromatic carbocycles. The van der Waals surface area contributed by atoms with Crippen LogP contribution in [0.15, 0.2) is 46.4 Å². The fourth-order valence-electron chi connectivity index (χ4n) is 1.71. The van der Waals surface area contributed by atoms with E-state index >= 15 is 0 Å². The lowest BCUT2D eigenvalue weighted by molar-refractivity contribution is 0.601. The molecular formula is C13H10Cl3N3O2S. The van der Waals surface area contributed by atoms with Crippen LogP contribution in [0.5, 0.6) is 0 Å². The van der Waals surface area contributed by atoms with Crippen LogP contribution in [0.4, 0.5) is 5.69 Å². The Kier molecular flexibility index (Phi) is 5.28. The highest BCUT2D eigenvalue weighted by atomic mass is 35.5. The van der Waals surface area contributed by atoms with Crippen molar-refractivity contribution < 1.29 is 8.42 Å². The number of nitrogens with zero attached hydrogens (tertiary/aromatic N) is 1. The predicted octanol–water partition coefficient (Wildman–Crippen LogP) is 4.98. The Morgan fingerprint density at radius 2 is 1.77 bits per heavy atom. The number of hydrogen-bond acceptors (Lipinski definition) is 4. The summed E-state index contributed by atoms with van der Waals surface area (Å²) < 4.78 is 27.2. The van der Waals surface area contributed by atoms with E-state index in [1.165, 1.54) is 24.3 Å². The Hall–Kier alpha value is -1.34. The molecule has 5 nitrogen and oxygen atoms in total. The molecule has 116 valence electrons. The topological polar surface area (TPSA) is 82.4 Å². The van der Waals surface area contributed by atoms with Gasteiger partial charge in [-0.2, -0.15) is 5.11 Å². The van der Waals surface area contributed by atoms with Gasteiger partial charge in [0.1, 0.15) is 0 Å². The van der Waals surface area contributed by atoms with E-state index in [2.05, 4.69) is 9.84 Å². The summed E-state index contributed by atoms with van der Waals surface area (Å²) in [5.41, 5.74) is 7.71. The molecule has 0 heterocycles. The van der Waals surface area contributed by atoms with E-state index in [4.69, 9.17) is 40.3 Å². The molecule has 2 rings (SSSR count). The third kappa shape index (κ3) is 3.89. The first-order valence-electron chi connectivity index (χ1n) is 5.93. The van der Waals surface area contributed by atoms with Crippen molar-refractivity contribution in [2.45, 2.75) is 11.4 Å². The summed E-state index contributed by atoms with van der Waals surface area (Å²) in [4.78, 5) is -0.0318. The summed E-state index contributed by atoms with van der Waals surface area (Å²) in [6.45, 7) is 0.0381. The average molecular weight is 379 g/mol. The predicted molar refractivity (Wildman–Crippen MR) is 87.6 cm³/mol. The lowest BCUT2D eigenvalue weighted by Crippen LogP contribution is -2.14. The zero-order valence-electron chi connectivity index (χ0n) is 11.0. The molecule has 0 spiro atoms. The molecule has 9 heteroatoms. The van der Waals surface area contributed by atoms with E-state index < -0.39 is 10.0 Å². The number of benzene rings is 2. The summed E-state index contributed by atoms with van der Waals surface area (Å²) in [6, 6.07) is 8.65. The Morgan fingerprint density at radius 1 is 1.05 bits per heavy atom. The Bertz CT molecular complexity index is 825. The zero-order valence-corrected chi connectivity index (χ0v) is 14.1. The van der Waals surface area contributed by atoms with Crippen molar-refractivity contribution in [1.82, 2.24) is 0 Å². The van der Waals surface area contributed by atoms with Crippen LogP contribution in [-0.4, -0.2) is 8.42 Å². The minimum Gasteiger partial charge on any atom is -0.279 e. The minimum atomic E-state index is -3.86. The summed E-state index contributed by atoms with van der Waals surface area (Å²) in [5, 5.41) is 4.02. The van der Waals surface area contributed by atoms with Crippen LogP contribution < -0.4 is 4.72 Å². The molecule has 0 bridgehead atoms. The van der Waals surface area contributed by atoms with Crippen LogP contribution in [-0.2, 0) is 16.6 Å². The first-order chi connectivity index (χ1) is 10.3. The van der Waals surface area contributed by atoms with Gasteiger partial charge in [-0.1, -0.05) is 40.9 Å². The molecule has 0 amide bonds. The molecule has 0 aromatic heterocycles. The van der Waals surface area contributed by atoms with E-state index in [1.807, 2.05) is 0 Å². The second kappa shape index (κ2) is 6.83. The average Bonchev–Trinajstić information content (AvgIpc) is 2.44. The smallest absolute Gasteiger partial charge is 0.261 e. The minimum absolute atomic E-state index is 0.0318. The number of rotatable bonds is 5. The second-order valence-corrected chi connectivity index (χ2v) is 7.23. The highest BCUT2D eigenvalue weighted by Crippen LogP contribution is 2.28. The van der Waals surface area contributed by atoms with Crippen LogP contribution in [0.25, 0.3) is 0 Å². The van der Waals surface area contributed by atoms with E-state index in [9.17, 15) is 8.42 Å². The van der Waals surface area contributed by atoms with Gasteiger partial charge in [0.2, 0.25) is 0 Å². The van der Waals surface area contributed by atoms with Crippen molar-refractivity contribution in [2.75, 3.05) is 4.72 Å². The van der Waals surface area contributed by atoms with Crippen molar-refractivity contribution >= 4 is 50.5 Å². The third-order valence-electron chi connectivity index (χ3n) is 2.77. The maximum Gasteiger partial charge on any atom is 0.261 e. The molecular weight excluding hydrogens is 369 g/mol. The highest BCUT2D eigenvalue weighted by molar-refractivity contribution is 7.92. The molecule has 0 aliphatic rings. The fraction of sp³-hybridized carbons (Fsp3) is 0.0769. The van der Waals surface area contributed by atoms with E-state index in [-0.39, 0.29) is 27.2 Å².